The number of nitrogens with zero attached hydrogens (tertiary/aromatic N) is 1. The molecule has 20 heavy (non-hydrogen) atoms. The van der Waals surface area contributed by atoms with Gasteiger partial charge in [0.15, 0.2) is 5.13 Å². The Morgan fingerprint density at radius 1 is 1.25 bits per heavy atom. The van der Waals surface area contributed by atoms with Gasteiger partial charge in [0, 0.05) is 15.5 Å². The Hall–Kier alpha value is -1.39. The van der Waals surface area contributed by atoms with E-state index in [1.807, 2.05) is 6.92 Å². The second kappa shape index (κ2) is 5.54. The smallest absolute Gasteiger partial charge is 0.257 e. The van der Waals surface area contributed by atoms with E-state index >= 15 is 0 Å². The van der Waals surface area contributed by atoms with Crippen molar-refractivity contribution in [3.63, 3.8) is 0 Å². The summed E-state index contributed by atoms with van der Waals surface area (Å²) in [6.07, 6.45) is 0. The molecule has 0 spiro atoms. The highest BCUT2D eigenvalue weighted by atomic mass is 35.5. The third kappa shape index (κ3) is 3.38. The Morgan fingerprint density at radius 3 is 2.35 bits per heavy atom. The largest absolute Gasteiger partial charge is 0.298 e. The molecule has 1 aromatic heterocycles. The van der Waals surface area contributed by atoms with Crippen molar-refractivity contribution in [3.8, 4) is 0 Å². The van der Waals surface area contributed by atoms with Crippen LogP contribution in [0.15, 0.2) is 24.3 Å². The first kappa shape index (κ1) is 15.0. The molecule has 1 amide bonds. The number of rotatable bonds is 2. The molecule has 1 aromatic carbocycles. The van der Waals surface area contributed by atoms with Gasteiger partial charge < -0.3 is 0 Å². The van der Waals surface area contributed by atoms with E-state index in [0.717, 1.165) is 5.69 Å². The van der Waals surface area contributed by atoms with Gasteiger partial charge in [0.1, 0.15) is 0 Å². The number of aryl methyl sites for hydroxylation is 1. The number of thiazole rings is 1. The zero-order valence-electron chi connectivity index (χ0n) is 12.0. The number of hydrogen-bond acceptors (Lipinski definition) is 3. The summed E-state index contributed by atoms with van der Waals surface area (Å²) in [5.41, 5.74) is 1.57. The average molecular weight is 309 g/mol. The molecule has 0 atom stereocenters. The fraction of sp³-hybridized carbons (Fsp3) is 0.333. The lowest BCUT2D eigenvalue weighted by Gasteiger charge is -2.16. The SMILES string of the molecule is Cc1nc(NC(=O)c2ccc(Cl)cc2)sc1C(C)(C)C. The lowest BCUT2D eigenvalue weighted by atomic mass is 9.94. The van der Waals surface area contributed by atoms with E-state index in [1.165, 1.54) is 16.2 Å². The average Bonchev–Trinajstić information content (AvgIpc) is 2.70. The maximum atomic E-state index is 12.1. The molecule has 0 fully saturated rings. The van der Waals surface area contributed by atoms with E-state index in [9.17, 15) is 4.79 Å². The quantitative estimate of drug-likeness (QED) is 0.877. The summed E-state index contributed by atoms with van der Waals surface area (Å²) in [5.74, 6) is -0.170. The summed E-state index contributed by atoms with van der Waals surface area (Å²) < 4.78 is 0. The van der Waals surface area contributed by atoms with Crippen LogP contribution in [-0.2, 0) is 5.41 Å². The van der Waals surface area contributed by atoms with Gasteiger partial charge in [-0.1, -0.05) is 32.4 Å². The van der Waals surface area contributed by atoms with Crippen molar-refractivity contribution in [2.75, 3.05) is 5.32 Å². The maximum absolute atomic E-state index is 12.1. The Balaban J connectivity index is 2.18. The number of hydrogen-bond donors (Lipinski definition) is 1. The Bertz CT molecular complexity index is 626. The summed E-state index contributed by atoms with van der Waals surface area (Å²) in [6, 6.07) is 6.79. The molecule has 2 aromatic rings. The molecule has 0 aliphatic carbocycles. The van der Waals surface area contributed by atoms with Gasteiger partial charge in [0.2, 0.25) is 0 Å². The standard InChI is InChI=1S/C15H17ClN2OS/c1-9-12(15(2,3)4)20-14(17-9)18-13(19)10-5-7-11(16)8-6-10/h5-8H,1-4H3,(H,17,18,19). The van der Waals surface area contributed by atoms with E-state index in [4.69, 9.17) is 11.6 Å². The minimum Gasteiger partial charge on any atom is -0.298 e. The number of halogens is 1. The fourth-order valence-electron chi connectivity index (χ4n) is 1.92. The number of carbonyl (C=O) groups excluding carboxylic acids is 1. The second-order valence-electron chi connectivity index (χ2n) is 5.64. The third-order valence-electron chi connectivity index (χ3n) is 2.80. The number of anilines is 1. The molecule has 2 rings (SSSR count). The van der Waals surface area contributed by atoms with E-state index in [1.54, 1.807) is 24.3 Å². The zero-order valence-corrected chi connectivity index (χ0v) is 13.5. The normalized spacial score (nSPS) is 11.4. The summed E-state index contributed by atoms with van der Waals surface area (Å²) in [5, 5.41) is 4.08. The van der Waals surface area contributed by atoms with Gasteiger partial charge in [-0.15, -0.1) is 11.3 Å². The minimum absolute atomic E-state index is 0.0327. The highest BCUT2D eigenvalue weighted by molar-refractivity contribution is 7.16. The van der Waals surface area contributed by atoms with Crippen LogP contribution in [0, 0.1) is 6.92 Å². The van der Waals surface area contributed by atoms with E-state index < -0.39 is 0 Å². The number of amides is 1. The van der Waals surface area contributed by atoms with Crippen LogP contribution >= 0.6 is 22.9 Å². The molecule has 1 heterocycles. The number of aromatic nitrogens is 1. The first-order valence-corrected chi connectivity index (χ1v) is 7.51. The number of carbonyl (C=O) groups is 1. The van der Waals surface area contributed by atoms with Gasteiger partial charge in [-0.25, -0.2) is 4.98 Å². The molecular formula is C15H17ClN2OS. The van der Waals surface area contributed by atoms with E-state index in [0.29, 0.717) is 15.7 Å². The molecule has 106 valence electrons. The van der Waals surface area contributed by atoms with E-state index in [2.05, 4.69) is 31.1 Å². The Labute approximate surface area is 128 Å². The maximum Gasteiger partial charge on any atom is 0.257 e. The first-order chi connectivity index (χ1) is 9.27. The molecule has 0 aliphatic rings. The first-order valence-electron chi connectivity index (χ1n) is 6.32. The van der Waals surface area contributed by atoms with Crippen molar-refractivity contribution < 1.29 is 4.79 Å². The van der Waals surface area contributed by atoms with Crippen molar-refractivity contribution in [2.45, 2.75) is 33.1 Å². The fourth-order valence-corrected chi connectivity index (χ4v) is 3.06. The van der Waals surface area contributed by atoms with Crippen LogP contribution in [0.3, 0.4) is 0 Å². The van der Waals surface area contributed by atoms with Crippen LogP contribution in [0.4, 0.5) is 5.13 Å². The van der Waals surface area contributed by atoms with Crippen LogP contribution in [0.1, 0.15) is 41.7 Å². The Kier molecular flexibility index (Phi) is 4.16. The van der Waals surface area contributed by atoms with Gasteiger partial charge in [-0.05, 0) is 36.6 Å². The van der Waals surface area contributed by atoms with E-state index in [-0.39, 0.29) is 11.3 Å². The summed E-state index contributed by atoms with van der Waals surface area (Å²) >= 11 is 7.33. The van der Waals surface area contributed by atoms with Crippen molar-refractivity contribution in [3.05, 3.63) is 45.4 Å². The van der Waals surface area contributed by atoms with Gasteiger partial charge in [0.25, 0.3) is 5.91 Å². The second-order valence-corrected chi connectivity index (χ2v) is 7.08. The number of nitrogens with one attached hydrogen (secondary N) is 1. The molecule has 1 N–H and O–H groups in total. The minimum atomic E-state index is -0.170. The molecule has 0 saturated carbocycles. The molecule has 0 aliphatic heterocycles. The lowest BCUT2D eigenvalue weighted by Crippen LogP contribution is -2.11. The zero-order chi connectivity index (χ0) is 14.9. The molecule has 3 nitrogen and oxygen atoms in total. The monoisotopic (exact) mass is 308 g/mol. The third-order valence-corrected chi connectivity index (χ3v) is 4.56. The van der Waals surface area contributed by atoms with Crippen molar-refractivity contribution in [1.82, 2.24) is 4.98 Å². The lowest BCUT2D eigenvalue weighted by molar-refractivity contribution is 0.102. The van der Waals surface area contributed by atoms with Crippen LogP contribution in [0.2, 0.25) is 5.02 Å². The summed E-state index contributed by atoms with van der Waals surface area (Å²) in [7, 11) is 0. The predicted octanol–water partition coefficient (Wildman–Crippen LogP) is 4.65. The summed E-state index contributed by atoms with van der Waals surface area (Å²) in [6.45, 7) is 8.38. The van der Waals surface area contributed by atoms with Gasteiger partial charge in [-0.3, -0.25) is 10.1 Å². The molecule has 0 saturated heterocycles. The van der Waals surface area contributed by atoms with Crippen LogP contribution in [-0.4, -0.2) is 10.9 Å². The summed E-state index contributed by atoms with van der Waals surface area (Å²) in [4.78, 5) is 17.7. The van der Waals surface area contributed by atoms with Gasteiger partial charge in [0.05, 0.1) is 5.69 Å². The highest BCUT2D eigenvalue weighted by Crippen LogP contribution is 2.33. The molecule has 0 radical (unpaired) electrons. The van der Waals surface area contributed by atoms with Crippen LogP contribution in [0.5, 0.6) is 0 Å². The molecule has 0 unspecified atom stereocenters. The topological polar surface area (TPSA) is 42.0 Å². The predicted molar refractivity (Wildman–Crippen MR) is 85.0 cm³/mol. The molecular weight excluding hydrogens is 292 g/mol. The Morgan fingerprint density at radius 2 is 1.85 bits per heavy atom. The van der Waals surface area contributed by atoms with Gasteiger partial charge >= 0.3 is 0 Å². The van der Waals surface area contributed by atoms with Crippen molar-refractivity contribution in [1.29, 1.82) is 0 Å². The van der Waals surface area contributed by atoms with Crippen molar-refractivity contribution >= 4 is 34.0 Å². The number of benzene rings is 1. The molecule has 5 heteroatoms. The van der Waals surface area contributed by atoms with Crippen molar-refractivity contribution in [2.24, 2.45) is 0 Å². The van der Waals surface area contributed by atoms with Crippen LogP contribution < -0.4 is 5.32 Å². The van der Waals surface area contributed by atoms with Crippen LogP contribution in [0.25, 0.3) is 0 Å². The highest BCUT2D eigenvalue weighted by Gasteiger charge is 2.21. The molecule has 0 bridgehead atoms. The van der Waals surface area contributed by atoms with Gasteiger partial charge in [-0.2, -0.15) is 0 Å².